The number of imidazole rings is 1. The van der Waals surface area contributed by atoms with Gasteiger partial charge >= 0.3 is 0 Å². The van der Waals surface area contributed by atoms with Gasteiger partial charge < -0.3 is 15.3 Å². The second kappa shape index (κ2) is 8.37. The molecule has 1 amide bonds. The van der Waals surface area contributed by atoms with Crippen molar-refractivity contribution in [3.05, 3.63) is 48.3 Å². The lowest BCUT2D eigenvalue weighted by molar-refractivity contribution is 0.0121. The molecule has 3 heterocycles. The number of hydrogen-bond acceptors (Lipinski definition) is 5. The zero-order valence-corrected chi connectivity index (χ0v) is 16.7. The van der Waals surface area contributed by atoms with Crippen molar-refractivity contribution in [1.29, 1.82) is 0 Å². The van der Waals surface area contributed by atoms with Gasteiger partial charge in [0, 0.05) is 37.3 Å². The number of likely N-dealkylation sites (tertiary alicyclic amines) is 1. The molecule has 0 bridgehead atoms. The Hall–Kier alpha value is -1.96. The standard InChI is InChI=1S/C20H28N4O2S/c1-4-8-20(26,9-5-2)15(3)21-14-16-17(18(25)23-10-6-7-11-23)22-19-24(16)12-13-27-19/h4-5,12-13,15,21,26H,1-2,6-11,14H2,3H3. The summed E-state index contributed by atoms with van der Waals surface area (Å²) >= 11 is 1.52. The summed E-state index contributed by atoms with van der Waals surface area (Å²) < 4.78 is 1.97. The molecule has 3 rings (SSSR count). The fourth-order valence-corrected chi connectivity index (χ4v) is 4.35. The SMILES string of the molecule is C=CCC(O)(CC=C)C(C)NCc1c(C(=O)N2CCCC2)nc2sccn12. The molecular formula is C20H28N4O2S. The monoisotopic (exact) mass is 388 g/mol. The van der Waals surface area contributed by atoms with Crippen molar-refractivity contribution >= 4 is 22.2 Å². The van der Waals surface area contributed by atoms with Gasteiger partial charge in [-0.2, -0.15) is 0 Å². The van der Waals surface area contributed by atoms with Crippen molar-refractivity contribution in [3.63, 3.8) is 0 Å². The van der Waals surface area contributed by atoms with E-state index in [1.807, 2.05) is 27.8 Å². The van der Waals surface area contributed by atoms with Gasteiger partial charge in [-0.05, 0) is 32.6 Å². The molecule has 1 unspecified atom stereocenters. The van der Waals surface area contributed by atoms with Crippen LogP contribution >= 0.6 is 11.3 Å². The van der Waals surface area contributed by atoms with Crippen LogP contribution in [0, 0.1) is 0 Å². The summed E-state index contributed by atoms with van der Waals surface area (Å²) in [4.78, 5) is 20.2. The Morgan fingerprint density at radius 3 is 2.70 bits per heavy atom. The predicted octanol–water partition coefficient (Wildman–Crippen LogP) is 2.99. The lowest BCUT2D eigenvalue weighted by Crippen LogP contribution is -2.48. The highest BCUT2D eigenvalue weighted by Crippen LogP contribution is 2.24. The molecule has 7 heteroatoms. The Morgan fingerprint density at radius 1 is 1.41 bits per heavy atom. The molecule has 2 N–H and O–H groups in total. The average Bonchev–Trinajstić information content (AvgIpc) is 3.37. The molecule has 1 aliphatic heterocycles. The van der Waals surface area contributed by atoms with E-state index in [4.69, 9.17) is 0 Å². The number of nitrogens with zero attached hydrogens (tertiary/aromatic N) is 3. The Labute approximate surface area is 164 Å². The van der Waals surface area contributed by atoms with Gasteiger partial charge in [0.15, 0.2) is 10.7 Å². The van der Waals surface area contributed by atoms with E-state index in [1.54, 1.807) is 12.2 Å². The second-order valence-electron chi connectivity index (χ2n) is 7.15. The number of nitrogens with one attached hydrogen (secondary N) is 1. The minimum absolute atomic E-state index is 0.000276. The van der Waals surface area contributed by atoms with Gasteiger partial charge in [-0.15, -0.1) is 24.5 Å². The second-order valence-corrected chi connectivity index (χ2v) is 8.03. The molecule has 1 fully saturated rings. The van der Waals surface area contributed by atoms with Gasteiger partial charge in [0.1, 0.15) is 0 Å². The van der Waals surface area contributed by atoms with Crippen LogP contribution in [0.4, 0.5) is 0 Å². The van der Waals surface area contributed by atoms with Crippen molar-refractivity contribution in [1.82, 2.24) is 19.6 Å². The van der Waals surface area contributed by atoms with Crippen molar-refractivity contribution in [2.45, 2.75) is 50.8 Å². The highest BCUT2D eigenvalue weighted by molar-refractivity contribution is 7.15. The van der Waals surface area contributed by atoms with Crippen LogP contribution in [0.5, 0.6) is 0 Å². The normalized spacial score (nSPS) is 16.0. The molecule has 2 aromatic rings. The summed E-state index contributed by atoms with van der Waals surface area (Å²) in [5.41, 5.74) is 0.398. The molecule has 2 aromatic heterocycles. The highest BCUT2D eigenvalue weighted by Gasteiger charge is 2.32. The molecule has 0 aromatic carbocycles. The van der Waals surface area contributed by atoms with E-state index < -0.39 is 5.60 Å². The molecule has 1 atom stereocenters. The maximum absolute atomic E-state index is 12.9. The van der Waals surface area contributed by atoms with E-state index in [1.165, 1.54) is 11.3 Å². The Morgan fingerprint density at radius 2 is 2.07 bits per heavy atom. The largest absolute Gasteiger partial charge is 0.388 e. The lowest BCUT2D eigenvalue weighted by atomic mass is 9.88. The molecule has 146 valence electrons. The molecule has 0 aliphatic carbocycles. The third-order valence-electron chi connectivity index (χ3n) is 5.33. The first-order valence-electron chi connectivity index (χ1n) is 9.41. The molecule has 0 radical (unpaired) electrons. The first kappa shape index (κ1) is 19.8. The van der Waals surface area contributed by atoms with E-state index in [0.29, 0.717) is 25.1 Å². The number of hydrogen-bond donors (Lipinski definition) is 2. The summed E-state index contributed by atoms with van der Waals surface area (Å²) in [5, 5.41) is 16.3. The highest BCUT2D eigenvalue weighted by atomic mass is 32.1. The van der Waals surface area contributed by atoms with E-state index >= 15 is 0 Å². The smallest absolute Gasteiger partial charge is 0.274 e. The lowest BCUT2D eigenvalue weighted by Gasteiger charge is -2.33. The van der Waals surface area contributed by atoms with Crippen LogP contribution in [0.2, 0.25) is 0 Å². The number of rotatable bonds is 9. The van der Waals surface area contributed by atoms with E-state index in [0.717, 1.165) is 36.6 Å². The summed E-state index contributed by atoms with van der Waals surface area (Å²) in [7, 11) is 0. The van der Waals surface area contributed by atoms with Crippen molar-refractivity contribution < 1.29 is 9.90 Å². The molecular weight excluding hydrogens is 360 g/mol. The van der Waals surface area contributed by atoms with Crippen molar-refractivity contribution in [3.8, 4) is 0 Å². The van der Waals surface area contributed by atoms with Crippen LogP contribution in [0.3, 0.4) is 0 Å². The van der Waals surface area contributed by atoms with Crippen LogP contribution in [-0.4, -0.2) is 50.0 Å². The van der Waals surface area contributed by atoms with Crippen molar-refractivity contribution in [2.24, 2.45) is 0 Å². The maximum atomic E-state index is 12.9. The van der Waals surface area contributed by atoms with Gasteiger partial charge in [0.25, 0.3) is 5.91 Å². The summed E-state index contributed by atoms with van der Waals surface area (Å²) in [6.45, 7) is 11.5. The molecule has 0 saturated carbocycles. The van der Waals surface area contributed by atoms with E-state index in [2.05, 4.69) is 23.5 Å². The zero-order chi connectivity index (χ0) is 19.4. The number of amides is 1. The topological polar surface area (TPSA) is 69.9 Å². The average molecular weight is 389 g/mol. The van der Waals surface area contributed by atoms with Gasteiger partial charge in [-0.25, -0.2) is 4.98 Å². The minimum atomic E-state index is -0.957. The van der Waals surface area contributed by atoms with E-state index in [9.17, 15) is 9.90 Å². The van der Waals surface area contributed by atoms with Crippen LogP contribution in [0.15, 0.2) is 36.9 Å². The maximum Gasteiger partial charge on any atom is 0.274 e. The first-order valence-corrected chi connectivity index (χ1v) is 10.3. The molecule has 1 saturated heterocycles. The van der Waals surface area contributed by atoms with Gasteiger partial charge in [0.2, 0.25) is 0 Å². The van der Waals surface area contributed by atoms with Crippen LogP contribution in [-0.2, 0) is 6.54 Å². The Balaban J connectivity index is 1.82. The molecule has 6 nitrogen and oxygen atoms in total. The van der Waals surface area contributed by atoms with Crippen LogP contribution in [0.25, 0.3) is 4.96 Å². The fraction of sp³-hybridized carbons (Fsp3) is 0.500. The number of carbonyl (C=O) groups excluding carboxylic acids is 1. The summed E-state index contributed by atoms with van der Waals surface area (Å²) in [6.07, 6.45) is 8.42. The Kier molecular flexibility index (Phi) is 6.14. The number of fused-ring (bicyclic) bond motifs is 1. The number of aliphatic hydroxyl groups is 1. The van der Waals surface area contributed by atoms with Crippen molar-refractivity contribution in [2.75, 3.05) is 13.1 Å². The van der Waals surface area contributed by atoms with Gasteiger partial charge in [-0.1, -0.05) is 12.2 Å². The molecule has 1 aliphatic rings. The minimum Gasteiger partial charge on any atom is -0.388 e. The summed E-state index contributed by atoms with van der Waals surface area (Å²) in [6, 6.07) is -0.201. The fourth-order valence-electron chi connectivity index (χ4n) is 3.62. The quantitative estimate of drug-likeness (QED) is 0.648. The number of thiazole rings is 1. The van der Waals surface area contributed by atoms with E-state index in [-0.39, 0.29) is 11.9 Å². The molecule has 27 heavy (non-hydrogen) atoms. The first-order chi connectivity index (χ1) is 13.0. The summed E-state index contributed by atoms with van der Waals surface area (Å²) in [5.74, 6) is 0.000276. The zero-order valence-electron chi connectivity index (χ0n) is 15.9. The van der Waals surface area contributed by atoms with Gasteiger partial charge in [0.05, 0.1) is 11.3 Å². The third-order valence-corrected chi connectivity index (χ3v) is 6.09. The number of aromatic nitrogens is 2. The van der Waals surface area contributed by atoms with Gasteiger partial charge in [-0.3, -0.25) is 9.20 Å². The van der Waals surface area contributed by atoms with Crippen LogP contribution in [0.1, 0.15) is 48.8 Å². The number of carbonyl (C=O) groups is 1. The predicted molar refractivity (Wildman–Crippen MR) is 109 cm³/mol. The Bertz CT molecular complexity index is 809. The third kappa shape index (κ3) is 4.00. The molecule has 0 spiro atoms. The van der Waals surface area contributed by atoms with Crippen LogP contribution < -0.4 is 5.32 Å².